The lowest BCUT2D eigenvalue weighted by Crippen LogP contribution is -1.99. The largest absolute Gasteiger partial charge is 0.219 e. The second-order valence-corrected chi connectivity index (χ2v) is 9.43. The highest BCUT2D eigenvalue weighted by Crippen LogP contribution is 2.32. The number of hydrogen-bond donors (Lipinski definition) is 0. The molecule has 0 saturated carbocycles. The molecule has 0 unspecified atom stereocenters. The summed E-state index contributed by atoms with van der Waals surface area (Å²) in [7, 11) is 0. The normalized spacial score (nSPS) is 10.9. The molecule has 1 heterocycles. The summed E-state index contributed by atoms with van der Waals surface area (Å²) in [4.78, 5) is 4.84. The number of thioether (sulfide) groups is 1. The molecule has 0 amide bonds. The lowest BCUT2D eigenvalue weighted by atomic mass is 10.0. The SMILES string of the molecule is Clc1ccc(CSc2nnc(-c3ccc(Br)cc3)c(-c3ccc(Br)cc3)n2)cc1. The third kappa shape index (κ3) is 5.25. The average Bonchev–Trinajstić information content (AvgIpc) is 2.74. The minimum Gasteiger partial charge on any atom is -0.219 e. The Labute approximate surface area is 195 Å². The van der Waals surface area contributed by atoms with Crippen LogP contribution in [0.2, 0.25) is 5.02 Å². The van der Waals surface area contributed by atoms with Gasteiger partial charge < -0.3 is 0 Å². The van der Waals surface area contributed by atoms with E-state index in [4.69, 9.17) is 16.6 Å². The lowest BCUT2D eigenvalue weighted by Gasteiger charge is -2.10. The maximum absolute atomic E-state index is 5.97. The summed E-state index contributed by atoms with van der Waals surface area (Å²) in [6, 6.07) is 23.9. The van der Waals surface area contributed by atoms with E-state index in [1.165, 1.54) is 0 Å². The maximum atomic E-state index is 5.97. The highest BCUT2D eigenvalue weighted by molar-refractivity contribution is 9.10. The number of aromatic nitrogens is 3. The van der Waals surface area contributed by atoms with Crippen molar-refractivity contribution in [3.8, 4) is 22.5 Å². The first kappa shape index (κ1) is 20.5. The van der Waals surface area contributed by atoms with Crippen LogP contribution in [0.3, 0.4) is 0 Å². The van der Waals surface area contributed by atoms with Crippen molar-refractivity contribution >= 4 is 55.2 Å². The molecule has 0 aliphatic rings. The predicted octanol–water partition coefficient (Wildman–Crippen LogP) is 7.68. The quantitative estimate of drug-likeness (QED) is 0.240. The highest BCUT2D eigenvalue weighted by atomic mass is 79.9. The number of benzene rings is 3. The van der Waals surface area contributed by atoms with E-state index in [-0.39, 0.29) is 0 Å². The maximum Gasteiger partial charge on any atom is 0.210 e. The fourth-order valence-electron chi connectivity index (χ4n) is 2.71. The summed E-state index contributed by atoms with van der Waals surface area (Å²) < 4.78 is 2.04. The Morgan fingerprint density at radius 3 is 1.83 bits per heavy atom. The first-order valence-corrected chi connectivity index (χ1v) is 11.7. The minimum atomic E-state index is 0.638. The summed E-state index contributed by atoms with van der Waals surface area (Å²) in [5, 5.41) is 10.3. The Hall–Kier alpha value is -1.73. The smallest absolute Gasteiger partial charge is 0.210 e. The van der Waals surface area contributed by atoms with Gasteiger partial charge in [0.15, 0.2) is 0 Å². The standard InChI is InChI=1S/C22H14Br2ClN3S/c23-17-7-3-15(4-8-17)20-21(16-5-9-18(24)10-6-16)27-28-22(26-20)29-13-14-1-11-19(25)12-2-14/h1-12H,13H2. The summed E-state index contributed by atoms with van der Waals surface area (Å²) in [5.41, 5.74) is 4.70. The zero-order valence-electron chi connectivity index (χ0n) is 15.0. The van der Waals surface area contributed by atoms with Crippen molar-refractivity contribution in [1.29, 1.82) is 0 Å². The summed E-state index contributed by atoms with van der Waals surface area (Å²) in [6.07, 6.45) is 0. The van der Waals surface area contributed by atoms with Crippen LogP contribution in [0.4, 0.5) is 0 Å². The Bertz CT molecular complexity index is 1120. The zero-order chi connectivity index (χ0) is 20.2. The minimum absolute atomic E-state index is 0.638. The van der Waals surface area contributed by atoms with E-state index in [0.29, 0.717) is 5.16 Å². The first-order valence-electron chi connectivity index (χ1n) is 8.72. The van der Waals surface area contributed by atoms with Gasteiger partial charge in [0, 0.05) is 30.8 Å². The summed E-state index contributed by atoms with van der Waals surface area (Å²) in [6.45, 7) is 0. The fraction of sp³-hybridized carbons (Fsp3) is 0.0455. The van der Waals surface area contributed by atoms with E-state index in [1.54, 1.807) is 11.8 Å². The van der Waals surface area contributed by atoms with Gasteiger partial charge >= 0.3 is 0 Å². The van der Waals surface area contributed by atoms with Gasteiger partial charge in [-0.1, -0.05) is 91.6 Å². The number of halogens is 3. The van der Waals surface area contributed by atoms with Crippen molar-refractivity contribution < 1.29 is 0 Å². The van der Waals surface area contributed by atoms with Gasteiger partial charge in [-0.05, 0) is 42.0 Å². The monoisotopic (exact) mass is 545 g/mol. The van der Waals surface area contributed by atoms with Gasteiger partial charge in [0.25, 0.3) is 0 Å². The Kier molecular flexibility index (Phi) is 6.65. The molecule has 1 aromatic heterocycles. The van der Waals surface area contributed by atoms with Crippen LogP contribution in [0.25, 0.3) is 22.5 Å². The van der Waals surface area contributed by atoms with Crippen molar-refractivity contribution in [2.24, 2.45) is 0 Å². The van der Waals surface area contributed by atoms with E-state index in [1.807, 2.05) is 72.8 Å². The van der Waals surface area contributed by atoms with Gasteiger partial charge in [-0.3, -0.25) is 0 Å². The van der Waals surface area contributed by atoms with Gasteiger partial charge in [-0.25, -0.2) is 4.98 Å². The van der Waals surface area contributed by atoms with Crippen molar-refractivity contribution in [3.05, 3.63) is 92.3 Å². The summed E-state index contributed by atoms with van der Waals surface area (Å²) >= 11 is 14.5. The molecule has 4 rings (SSSR count). The van der Waals surface area contributed by atoms with Crippen molar-refractivity contribution in [2.45, 2.75) is 10.9 Å². The second-order valence-electron chi connectivity index (χ2n) is 6.22. The van der Waals surface area contributed by atoms with Crippen LogP contribution < -0.4 is 0 Å². The van der Waals surface area contributed by atoms with Crippen LogP contribution in [0.1, 0.15) is 5.56 Å². The number of nitrogens with zero attached hydrogens (tertiary/aromatic N) is 3. The average molecular weight is 548 g/mol. The molecular formula is C22H14Br2ClN3S. The zero-order valence-corrected chi connectivity index (χ0v) is 19.8. The highest BCUT2D eigenvalue weighted by Gasteiger charge is 2.14. The third-order valence-electron chi connectivity index (χ3n) is 4.18. The molecule has 0 saturated heterocycles. The van der Waals surface area contributed by atoms with Crippen LogP contribution >= 0.6 is 55.2 Å². The number of rotatable bonds is 5. The molecule has 0 fully saturated rings. The molecule has 0 spiro atoms. The molecule has 3 aromatic carbocycles. The molecule has 0 radical (unpaired) electrons. The van der Waals surface area contributed by atoms with E-state index in [2.05, 4.69) is 42.1 Å². The van der Waals surface area contributed by atoms with Gasteiger partial charge in [0.2, 0.25) is 5.16 Å². The van der Waals surface area contributed by atoms with Crippen molar-refractivity contribution in [1.82, 2.24) is 15.2 Å². The molecular weight excluding hydrogens is 534 g/mol. The van der Waals surface area contributed by atoms with E-state index in [9.17, 15) is 0 Å². The van der Waals surface area contributed by atoms with E-state index >= 15 is 0 Å². The molecule has 0 aliphatic carbocycles. The van der Waals surface area contributed by atoms with Crippen LogP contribution in [0.5, 0.6) is 0 Å². The van der Waals surface area contributed by atoms with Gasteiger partial charge in [0.1, 0.15) is 11.4 Å². The molecule has 3 nitrogen and oxygen atoms in total. The molecule has 0 N–H and O–H groups in total. The molecule has 4 aromatic rings. The molecule has 0 atom stereocenters. The number of hydrogen-bond acceptors (Lipinski definition) is 4. The molecule has 144 valence electrons. The molecule has 0 bridgehead atoms. The Balaban J connectivity index is 1.69. The van der Waals surface area contributed by atoms with Crippen LogP contribution in [-0.2, 0) is 5.75 Å². The van der Waals surface area contributed by atoms with Crippen LogP contribution in [0.15, 0.2) is 86.9 Å². The lowest BCUT2D eigenvalue weighted by molar-refractivity contribution is 0.850. The topological polar surface area (TPSA) is 38.7 Å². The first-order chi connectivity index (χ1) is 14.1. The fourth-order valence-corrected chi connectivity index (χ4v) is 4.11. The molecule has 7 heteroatoms. The van der Waals surface area contributed by atoms with E-state index < -0.39 is 0 Å². The third-order valence-corrected chi connectivity index (χ3v) is 6.40. The van der Waals surface area contributed by atoms with Gasteiger partial charge in [-0.2, -0.15) is 0 Å². The van der Waals surface area contributed by atoms with E-state index in [0.717, 1.165) is 47.8 Å². The van der Waals surface area contributed by atoms with Crippen LogP contribution in [0, 0.1) is 0 Å². The van der Waals surface area contributed by atoms with Crippen molar-refractivity contribution in [3.63, 3.8) is 0 Å². The second kappa shape index (κ2) is 9.39. The Morgan fingerprint density at radius 2 is 1.24 bits per heavy atom. The Morgan fingerprint density at radius 1 is 0.690 bits per heavy atom. The van der Waals surface area contributed by atoms with Crippen molar-refractivity contribution in [2.75, 3.05) is 0 Å². The van der Waals surface area contributed by atoms with Crippen LogP contribution in [-0.4, -0.2) is 15.2 Å². The van der Waals surface area contributed by atoms with Gasteiger partial charge in [-0.15, -0.1) is 10.2 Å². The van der Waals surface area contributed by atoms with Gasteiger partial charge in [0.05, 0.1) is 0 Å². The molecule has 0 aliphatic heterocycles. The predicted molar refractivity (Wildman–Crippen MR) is 127 cm³/mol. The summed E-state index contributed by atoms with van der Waals surface area (Å²) in [5.74, 6) is 0.746. The molecule has 29 heavy (non-hydrogen) atoms.